The Kier molecular flexibility index (Phi) is 7.37. The quantitative estimate of drug-likeness (QED) is 0.299. The van der Waals surface area contributed by atoms with Crippen molar-refractivity contribution in [3.05, 3.63) is 61.6 Å². The van der Waals surface area contributed by atoms with Gasteiger partial charge in [-0.05, 0) is 71.0 Å². The summed E-state index contributed by atoms with van der Waals surface area (Å²) >= 11 is 8.70. The summed E-state index contributed by atoms with van der Waals surface area (Å²) in [6.45, 7) is 2.70. The fourth-order valence-corrected chi connectivity index (χ4v) is 4.95. The van der Waals surface area contributed by atoms with E-state index in [9.17, 15) is 9.59 Å². The Hall–Kier alpha value is -2.11. The van der Waals surface area contributed by atoms with E-state index in [1.807, 2.05) is 19.1 Å². The molecule has 3 rings (SSSR count). The van der Waals surface area contributed by atoms with Crippen LogP contribution >= 0.6 is 46.6 Å². The number of likely N-dealkylation sites (N-methyl/N-ethyl adjacent to an activating group) is 1. The van der Waals surface area contributed by atoms with Crippen molar-refractivity contribution >= 4 is 68.8 Å². The molecule has 1 aliphatic rings. The van der Waals surface area contributed by atoms with Gasteiger partial charge in [-0.25, -0.2) is 4.79 Å². The van der Waals surface area contributed by atoms with Crippen molar-refractivity contribution < 1.29 is 24.2 Å². The first-order valence-corrected chi connectivity index (χ1v) is 11.2. The number of thiocarbonyl (C=S) groups is 1. The highest BCUT2D eigenvalue weighted by Crippen LogP contribution is 2.37. The molecule has 0 saturated carbocycles. The van der Waals surface area contributed by atoms with Gasteiger partial charge in [-0.3, -0.25) is 9.69 Å². The standard InChI is InChI=1S/C21H18INO5S2/c1-3-23-19(24)17(30-21(23)29)10-13-8-15(22)18(16(9-13)27-2)28-11-12-4-6-14(7-5-12)20(25)26/h4-10H,3,11H2,1-2H3,(H,25,26)/b17-10-. The smallest absolute Gasteiger partial charge is 0.335 e. The lowest BCUT2D eigenvalue weighted by Crippen LogP contribution is -2.27. The molecule has 1 amide bonds. The number of benzene rings is 2. The minimum atomic E-state index is -0.967. The first-order chi connectivity index (χ1) is 14.3. The van der Waals surface area contributed by atoms with Gasteiger partial charge in [-0.1, -0.05) is 36.1 Å². The maximum Gasteiger partial charge on any atom is 0.335 e. The van der Waals surface area contributed by atoms with Crippen LogP contribution in [0.3, 0.4) is 0 Å². The monoisotopic (exact) mass is 555 g/mol. The lowest BCUT2D eigenvalue weighted by Gasteiger charge is -2.14. The van der Waals surface area contributed by atoms with Crippen LogP contribution in [0.2, 0.25) is 0 Å². The maximum atomic E-state index is 12.4. The number of carboxylic acids is 1. The van der Waals surface area contributed by atoms with Crippen molar-refractivity contribution in [2.24, 2.45) is 0 Å². The summed E-state index contributed by atoms with van der Waals surface area (Å²) in [4.78, 5) is 25.5. The van der Waals surface area contributed by atoms with Crippen LogP contribution in [0.25, 0.3) is 6.08 Å². The van der Waals surface area contributed by atoms with Crippen molar-refractivity contribution in [2.75, 3.05) is 13.7 Å². The van der Waals surface area contributed by atoms with Gasteiger partial charge in [0.15, 0.2) is 11.5 Å². The van der Waals surface area contributed by atoms with Gasteiger partial charge in [0.1, 0.15) is 10.9 Å². The predicted octanol–water partition coefficient (Wildman–Crippen LogP) is 4.80. The van der Waals surface area contributed by atoms with Gasteiger partial charge in [0.25, 0.3) is 5.91 Å². The molecular formula is C21H18INO5S2. The molecule has 0 aliphatic carbocycles. The van der Waals surface area contributed by atoms with E-state index in [2.05, 4.69) is 22.6 Å². The molecule has 1 N–H and O–H groups in total. The number of carbonyl (C=O) groups excluding carboxylic acids is 1. The first kappa shape index (κ1) is 22.6. The zero-order valence-corrected chi connectivity index (χ0v) is 20.0. The first-order valence-electron chi connectivity index (χ1n) is 8.92. The molecular weight excluding hydrogens is 537 g/mol. The molecule has 0 spiro atoms. The molecule has 0 unspecified atom stereocenters. The molecule has 1 aliphatic heterocycles. The Morgan fingerprint density at radius 2 is 2.00 bits per heavy atom. The number of aromatic carboxylic acids is 1. The van der Waals surface area contributed by atoms with E-state index in [4.69, 9.17) is 26.8 Å². The van der Waals surface area contributed by atoms with Crippen molar-refractivity contribution in [3.8, 4) is 11.5 Å². The zero-order chi connectivity index (χ0) is 21.8. The third-order valence-corrected chi connectivity index (χ3v) is 6.50. The second-order valence-corrected chi connectivity index (χ2v) is 9.09. The molecule has 2 aromatic carbocycles. The number of amides is 1. The minimum absolute atomic E-state index is 0.0911. The number of thioether (sulfide) groups is 1. The van der Waals surface area contributed by atoms with Crippen LogP contribution in [-0.2, 0) is 11.4 Å². The average molecular weight is 555 g/mol. The number of hydrogen-bond acceptors (Lipinski definition) is 6. The predicted molar refractivity (Wildman–Crippen MR) is 129 cm³/mol. The van der Waals surface area contributed by atoms with Gasteiger partial charge in [0, 0.05) is 6.54 Å². The van der Waals surface area contributed by atoms with Crippen LogP contribution in [0.1, 0.15) is 28.4 Å². The lowest BCUT2D eigenvalue weighted by atomic mass is 10.1. The topological polar surface area (TPSA) is 76.1 Å². The molecule has 0 bridgehead atoms. The summed E-state index contributed by atoms with van der Waals surface area (Å²) in [5.74, 6) is 0.0664. The number of hydrogen-bond donors (Lipinski definition) is 1. The average Bonchev–Trinajstić information content (AvgIpc) is 2.99. The number of methoxy groups -OCH3 is 1. The number of rotatable bonds is 7. The fraction of sp³-hybridized carbons (Fsp3) is 0.190. The highest BCUT2D eigenvalue weighted by Gasteiger charge is 2.30. The summed E-state index contributed by atoms with van der Waals surface area (Å²) in [7, 11) is 1.56. The number of halogens is 1. The van der Waals surface area contributed by atoms with Crippen LogP contribution in [0.4, 0.5) is 0 Å². The van der Waals surface area contributed by atoms with E-state index in [1.165, 1.54) is 11.8 Å². The summed E-state index contributed by atoms with van der Waals surface area (Å²) < 4.78 is 12.8. The van der Waals surface area contributed by atoms with Crippen LogP contribution < -0.4 is 9.47 Å². The van der Waals surface area contributed by atoms with Crippen LogP contribution in [0, 0.1) is 3.57 Å². The van der Waals surface area contributed by atoms with E-state index >= 15 is 0 Å². The van der Waals surface area contributed by atoms with Crippen LogP contribution in [0.5, 0.6) is 11.5 Å². The normalized spacial score (nSPS) is 15.0. The Morgan fingerprint density at radius 1 is 1.30 bits per heavy atom. The van der Waals surface area contributed by atoms with Crippen molar-refractivity contribution in [1.82, 2.24) is 4.90 Å². The van der Waals surface area contributed by atoms with Crippen molar-refractivity contribution in [1.29, 1.82) is 0 Å². The van der Waals surface area contributed by atoms with E-state index < -0.39 is 5.97 Å². The second kappa shape index (κ2) is 9.80. The summed E-state index contributed by atoms with van der Waals surface area (Å²) in [6.07, 6.45) is 1.80. The SMILES string of the molecule is CCN1C(=O)/C(=C/c2cc(I)c(OCc3ccc(C(=O)O)cc3)c(OC)c2)SC1=S. The van der Waals surface area contributed by atoms with Gasteiger partial charge >= 0.3 is 5.97 Å². The molecule has 2 aromatic rings. The second-order valence-electron chi connectivity index (χ2n) is 6.25. The lowest BCUT2D eigenvalue weighted by molar-refractivity contribution is -0.121. The van der Waals surface area contributed by atoms with Gasteiger partial charge < -0.3 is 14.6 Å². The largest absolute Gasteiger partial charge is 0.493 e. The third-order valence-electron chi connectivity index (χ3n) is 4.32. The summed E-state index contributed by atoms with van der Waals surface area (Å²) in [5, 5.41) is 8.99. The fourth-order valence-electron chi connectivity index (χ4n) is 2.79. The molecule has 6 nitrogen and oxygen atoms in total. The summed E-state index contributed by atoms with van der Waals surface area (Å²) in [6, 6.07) is 10.2. The minimum Gasteiger partial charge on any atom is -0.493 e. The summed E-state index contributed by atoms with van der Waals surface area (Å²) in [5.41, 5.74) is 1.87. The Bertz CT molecular complexity index is 1040. The number of carbonyl (C=O) groups is 2. The maximum absolute atomic E-state index is 12.4. The zero-order valence-electron chi connectivity index (χ0n) is 16.2. The Morgan fingerprint density at radius 3 is 2.57 bits per heavy atom. The van der Waals surface area contributed by atoms with Gasteiger partial charge in [-0.2, -0.15) is 0 Å². The highest BCUT2D eigenvalue weighted by molar-refractivity contribution is 14.1. The van der Waals surface area contributed by atoms with Crippen LogP contribution in [0.15, 0.2) is 41.3 Å². The van der Waals surface area contributed by atoms with Gasteiger partial charge in [-0.15, -0.1) is 0 Å². The van der Waals surface area contributed by atoms with E-state index in [-0.39, 0.29) is 18.1 Å². The van der Waals surface area contributed by atoms with E-state index in [1.54, 1.807) is 42.4 Å². The molecule has 1 fully saturated rings. The number of carboxylic acid groups (broad SMARTS) is 1. The molecule has 0 aromatic heterocycles. The van der Waals surface area contributed by atoms with E-state index in [0.717, 1.165) is 14.7 Å². The van der Waals surface area contributed by atoms with Crippen LogP contribution in [-0.4, -0.2) is 39.9 Å². The van der Waals surface area contributed by atoms with Crippen molar-refractivity contribution in [3.63, 3.8) is 0 Å². The van der Waals surface area contributed by atoms with Gasteiger partial charge in [0.2, 0.25) is 0 Å². The third kappa shape index (κ3) is 4.96. The molecule has 156 valence electrons. The highest BCUT2D eigenvalue weighted by atomic mass is 127. The molecule has 0 atom stereocenters. The van der Waals surface area contributed by atoms with E-state index in [0.29, 0.717) is 27.3 Å². The van der Waals surface area contributed by atoms with Gasteiger partial charge in [0.05, 0.1) is 21.1 Å². The molecule has 1 heterocycles. The Labute approximate surface area is 197 Å². The number of nitrogens with zero attached hydrogens (tertiary/aromatic N) is 1. The molecule has 0 radical (unpaired) electrons. The molecule has 9 heteroatoms. The Balaban J connectivity index is 1.81. The number of ether oxygens (including phenoxy) is 2. The van der Waals surface area contributed by atoms with Crippen molar-refractivity contribution in [2.45, 2.75) is 13.5 Å². The molecule has 30 heavy (non-hydrogen) atoms. The molecule has 1 saturated heterocycles.